The fourth-order valence-electron chi connectivity index (χ4n) is 3.59. The summed E-state index contributed by atoms with van der Waals surface area (Å²) in [5.74, 6) is 0.229. The van der Waals surface area contributed by atoms with Crippen LogP contribution in [-0.4, -0.2) is 57.0 Å². The summed E-state index contributed by atoms with van der Waals surface area (Å²) >= 11 is 0. The van der Waals surface area contributed by atoms with Gasteiger partial charge in [-0.2, -0.15) is 0 Å². The minimum atomic E-state index is -1.23. The number of aliphatic hydroxyl groups excluding tert-OH is 3. The lowest BCUT2D eigenvalue weighted by molar-refractivity contribution is -0.115. The van der Waals surface area contributed by atoms with Crippen LogP contribution in [0.5, 0.6) is 0 Å². The van der Waals surface area contributed by atoms with E-state index < -0.39 is 23.4 Å². The number of ether oxygens (including phenoxy) is 1. The Morgan fingerprint density at radius 3 is 2.41 bits per heavy atom. The van der Waals surface area contributed by atoms with Gasteiger partial charge in [0.2, 0.25) is 0 Å². The molecule has 1 rings (SSSR count). The zero-order valence-corrected chi connectivity index (χ0v) is 17.7. The molecule has 0 aromatic carbocycles. The van der Waals surface area contributed by atoms with Crippen LogP contribution in [0.15, 0.2) is 23.3 Å². The maximum Gasteiger partial charge on any atom is 0.101 e. The minimum Gasteiger partial charge on any atom is -0.392 e. The van der Waals surface area contributed by atoms with E-state index >= 15 is 0 Å². The number of aliphatic hydroxyl groups is 4. The molecule has 0 spiro atoms. The lowest BCUT2D eigenvalue weighted by Crippen LogP contribution is -2.42. The molecule has 0 bridgehead atoms. The van der Waals surface area contributed by atoms with Crippen LogP contribution in [0.1, 0.15) is 73.1 Å². The third kappa shape index (κ3) is 7.31. The lowest BCUT2D eigenvalue weighted by atomic mass is 9.83. The maximum atomic E-state index is 10.8. The molecule has 0 fully saturated rings. The normalized spacial score (nSPS) is 34.7. The number of allylic oxidation sites excluding steroid dienone is 2. The molecule has 4 atom stereocenters. The van der Waals surface area contributed by atoms with E-state index in [-0.39, 0.29) is 12.5 Å². The molecule has 27 heavy (non-hydrogen) atoms. The second-order valence-electron chi connectivity index (χ2n) is 8.56. The first-order valence-electron chi connectivity index (χ1n) is 10.3. The van der Waals surface area contributed by atoms with Crippen LogP contribution in [0.4, 0.5) is 0 Å². The van der Waals surface area contributed by atoms with Crippen molar-refractivity contribution >= 4 is 0 Å². The summed E-state index contributed by atoms with van der Waals surface area (Å²) in [6.45, 7) is 10.1. The third-order valence-electron chi connectivity index (χ3n) is 5.87. The fraction of sp³-hybridized carbons (Fsp3) is 0.818. The molecular formula is C22H40O5. The smallest absolute Gasteiger partial charge is 0.101 e. The van der Waals surface area contributed by atoms with Gasteiger partial charge in [-0.15, -0.1) is 0 Å². The van der Waals surface area contributed by atoms with Gasteiger partial charge < -0.3 is 25.2 Å². The topological polar surface area (TPSA) is 90.2 Å². The van der Waals surface area contributed by atoms with E-state index in [1.165, 1.54) is 0 Å². The Morgan fingerprint density at radius 2 is 1.85 bits per heavy atom. The number of hydrogen-bond donors (Lipinski definition) is 4. The zero-order valence-electron chi connectivity index (χ0n) is 17.7. The summed E-state index contributed by atoms with van der Waals surface area (Å²) in [7, 11) is 0. The van der Waals surface area contributed by atoms with Crippen molar-refractivity contribution in [1.82, 2.24) is 0 Å². The molecule has 0 saturated heterocycles. The molecule has 0 aliphatic heterocycles. The SMILES string of the molecule is CCOC1(C)CCC(C(C)C)=CC(O)C(C)(O)CCC=C(CO)CCC1O. The Bertz CT molecular complexity index is 509. The molecule has 0 radical (unpaired) electrons. The van der Waals surface area contributed by atoms with Crippen molar-refractivity contribution in [1.29, 1.82) is 0 Å². The van der Waals surface area contributed by atoms with E-state index in [1.807, 2.05) is 19.9 Å². The molecule has 5 nitrogen and oxygen atoms in total. The Hall–Kier alpha value is -0.720. The fourth-order valence-corrected chi connectivity index (χ4v) is 3.59. The molecule has 0 heterocycles. The van der Waals surface area contributed by atoms with Crippen molar-refractivity contribution in [3.63, 3.8) is 0 Å². The van der Waals surface area contributed by atoms with E-state index in [0.717, 1.165) is 11.1 Å². The van der Waals surface area contributed by atoms with Gasteiger partial charge in [0, 0.05) is 6.61 Å². The predicted octanol–water partition coefficient (Wildman–Crippen LogP) is 3.11. The summed E-state index contributed by atoms with van der Waals surface area (Å²) in [6.07, 6.45) is 5.43. The van der Waals surface area contributed by atoms with Gasteiger partial charge in [0.15, 0.2) is 0 Å². The first-order chi connectivity index (χ1) is 12.6. The van der Waals surface area contributed by atoms with E-state index in [1.54, 1.807) is 13.0 Å². The standard InChI is InChI=1S/C22H40O5/c1-6-27-22(5)13-11-18(16(2)3)14-20(25)21(4,26)12-7-8-17(15-23)9-10-19(22)24/h8,14,16,19-20,23-26H,6-7,9-13,15H2,1-5H3. The molecule has 1 aliphatic carbocycles. The summed E-state index contributed by atoms with van der Waals surface area (Å²) < 4.78 is 5.94. The first-order valence-corrected chi connectivity index (χ1v) is 10.3. The van der Waals surface area contributed by atoms with Crippen LogP contribution >= 0.6 is 0 Å². The van der Waals surface area contributed by atoms with Crippen LogP contribution in [0, 0.1) is 5.92 Å². The summed E-state index contributed by atoms with van der Waals surface area (Å²) in [5.41, 5.74) is -0.0245. The highest BCUT2D eigenvalue weighted by Gasteiger charge is 2.34. The van der Waals surface area contributed by atoms with Crippen LogP contribution in [0.2, 0.25) is 0 Å². The van der Waals surface area contributed by atoms with Crippen molar-refractivity contribution in [3.8, 4) is 0 Å². The van der Waals surface area contributed by atoms with Crippen molar-refractivity contribution in [2.24, 2.45) is 5.92 Å². The molecule has 0 amide bonds. The summed E-state index contributed by atoms with van der Waals surface area (Å²) in [6, 6.07) is 0. The van der Waals surface area contributed by atoms with Crippen molar-refractivity contribution in [2.75, 3.05) is 13.2 Å². The molecule has 0 saturated carbocycles. The Balaban J connectivity index is 3.21. The summed E-state index contributed by atoms with van der Waals surface area (Å²) in [5, 5.41) is 41.7. The van der Waals surface area contributed by atoms with Crippen LogP contribution in [0.3, 0.4) is 0 Å². The van der Waals surface area contributed by atoms with Crippen molar-refractivity contribution in [3.05, 3.63) is 23.3 Å². The van der Waals surface area contributed by atoms with Gasteiger partial charge in [0.05, 0.1) is 23.9 Å². The quantitative estimate of drug-likeness (QED) is 0.559. The highest BCUT2D eigenvalue weighted by atomic mass is 16.5. The Kier molecular flexibility index (Phi) is 9.66. The average Bonchev–Trinajstić information content (AvgIpc) is 2.59. The van der Waals surface area contributed by atoms with Gasteiger partial charge in [0.25, 0.3) is 0 Å². The van der Waals surface area contributed by atoms with Gasteiger partial charge in [-0.25, -0.2) is 0 Å². The van der Waals surface area contributed by atoms with Gasteiger partial charge in [-0.3, -0.25) is 0 Å². The second-order valence-corrected chi connectivity index (χ2v) is 8.56. The zero-order chi connectivity index (χ0) is 20.7. The minimum absolute atomic E-state index is 0.0693. The molecule has 1 aliphatic rings. The van der Waals surface area contributed by atoms with Crippen molar-refractivity contribution in [2.45, 2.75) is 96.6 Å². The van der Waals surface area contributed by atoms with Crippen LogP contribution < -0.4 is 0 Å². The van der Waals surface area contributed by atoms with Gasteiger partial charge in [-0.05, 0) is 70.8 Å². The predicted molar refractivity (Wildman–Crippen MR) is 108 cm³/mol. The van der Waals surface area contributed by atoms with Gasteiger partial charge in [-0.1, -0.05) is 31.6 Å². The van der Waals surface area contributed by atoms with E-state index in [9.17, 15) is 20.4 Å². The monoisotopic (exact) mass is 384 g/mol. The molecule has 4 N–H and O–H groups in total. The highest BCUT2D eigenvalue weighted by molar-refractivity contribution is 5.13. The molecular weight excluding hydrogens is 344 g/mol. The lowest BCUT2D eigenvalue weighted by Gasteiger charge is -2.36. The second kappa shape index (κ2) is 10.7. The first kappa shape index (κ1) is 24.3. The van der Waals surface area contributed by atoms with Gasteiger partial charge >= 0.3 is 0 Å². The van der Waals surface area contributed by atoms with E-state index in [4.69, 9.17) is 4.74 Å². The Labute approximate surface area is 164 Å². The highest BCUT2D eigenvalue weighted by Crippen LogP contribution is 2.31. The largest absolute Gasteiger partial charge is 0.392 e. The number of hydrogen-bond acceptors (Lipinski definition) is 5. The average molecular weight is 385 g/mol. The molecule has 5 heteroatoms. The number of rotatable bonds is 4. The molecule has 158 valence electrons. The molecule has 0 aromatic heterocycles. The molecule has 4 unspecified atom stereocenters. The maximum absolute atomic E-state index is 10.8. The third-order valence-corrected chi connectivity index (χ3v) is 5.87. The molecule has 0 aromatic rings. The van der Waals surface area contributed by atoms with E-state index in [0.29, 0.717) is 45.1 Å². The summed E-state index contributed by atoms with van der Waals surface area (Å²) in [4.78, 5) is 0. The van der Waals surface area contributed by atoms with Gasteiger partial charge in [0.1, 0.15) is 6.10 Å². The van der Waals surface area contributed by atoms with Crippen molar-refractivity contribution < 1.29 is 25.2 Å². The van der Waals surface area contributed by atoms with Crippen LogP contribution in [0.25, 0.3) is 0 Å². The Morgan fingerprint density at radius 1 is 1.19 bits per heavy atom. The van der Waals surface area contributed by atoms with E-state index in [2.05, 4.69) is 13.8 Å². The van der Waals surface area contributed by atoms with Crippen LogP contribution in [-0.2, 0) is 4.74 Å².